The third-order valence-corrected chi connectivity index (χ3v) is 4.17. The molecule has 3 rings (SSSR count). The van der Waals surface area contributed by atoms with Gasteiger partial charge in [0.05, 0.1) is 18.4 Å². The van der Waals surface area contributed by atoms with Gasteiger partial charge in [0.15, 0.2) is 6.61 Å². The molecule has 0 radical (unpaired) electrons. The summed E-state index contributed by atoms with van der Waals surface area (Å²) in [5.41, 5.74) is 2.84. The number of urea groups is 1. The van der Waals surface area contributed by atoms with Gasteiger partial charge >= 0.3 is 12.0 Å². The third-order valence-electron chi connectivity index (χ3n) is 4.17. The number of esters is 1. The number of hydrogen-bond acceptors (Lipinski definition) is 5. The Morgan fingerprint density at radius 1 is 1.08 bits per heavy atom. The second-order valence-electron chi connectivity index (χ2n) is 6.08. The third kappa shape index (κ3) is 4.72. The molecule has 0 spiro atoms. The van der Waals surface area contributed by atoms with E-state index in [1.54, 1.807) is 18.2 Å². The SMILES string of the molecule is O=C(COC(=O)c1ccc2c(c1)CCCC2)NC(=O)NCc1ccco1. The lowest BCUT2D eigenvalue weighted by molar-refractivity contribution is -0.123. The van der Waals surface area contributed by atoms with E-state index in [9.17, 15) is 14.4 Å². The van der Waals surface area contributed by atoms with Gasteiger partial charge in [-0.25, -0.2) is 9.59 Å². The zero-order valence-electron chi connectivity index (χ0n) is 14.2. The van der Waals surface area contributed by atoms with Gasteiger partial charge in [-0.3, -0.25) is 10.1 Å². The van der Waals surface area contributed by atoms with E-state index in [0.717, 1.165) is 24.8 Å². The van der Waals surface area contributed by atoms with Crippen LogP contribution < -0.4 is 10.6 Å². The summed E-state index contributed by atoms with van der Waals surface area (Å²) in [4.78, 5) is 35.4. The van der Waals surface area contributed by atoms with Crippen LogP contribution in [0.2, 0.25) is 0 Å². The first-order valence-electron chi connectivity index (χ1n) is 8.51. The maximum atomic E-state index is 12.1. The summed E-state index contributed by atoms with van der Waals surface area (Å²) in [6, 6.07) is 8.18. The number of furan rings is 1. The number of carbonyl (C=O) groups is 3. The predicted molar refractivity (Wildman–Crippen MR) is 92.5 cm³/mol. The van der Waals surface area contributed by atoms with E-state index in [1.165, 1.54) is 18.2 Å². The van der Waals surface area contributed by atoms with Gasteiger partial charge in [0.2, 0.25) is 0 Å². The molecule has 3 amide bonds. The van der Waals surface area contributed by atoms with Gasteiger partial charge in [0.25, 0.3) is 5.91 Å². The van der Waals surface area contributed by atoms with Crippen molar-refractivity contribution >= 4 is 17.9 Å². The fourth-order valence-corrected chi connectivity index (χ4v) is 2.86. The number of amides is 3. The summed E-state index contributed by atoms with van der Waals surface area (Å²) < 4.78 is 10.0. The van der Waals surface area contributed by atoms with E-state index in [1.807, 2.05) is 12.1 Å². The Bertz CT molecular complexity index is 798. The summed E-state index contributed by atoms with van der Waals surface area (Å²) in [5.74, 6) is -0.718. The van der Waals surface area contributed by atoms with Crippen LogP contribution in [0.5, 0.6) is 0 Å². The minimum Gasteiger partial charge on any atom is -0.467 e. The van der Waals surface area contributed by atoms with Gasteiger partial charge < -0.3 is 14.5 Å². The molecule has 136 valence electrons. The summed E-state index contributed by atoms with van der Waals surface area (Å²) in [6.07, 6.45) is 5.74. The van der Waals surface area contributed by atoms with Crippen molar-refractivity contribution in [3.8, 4) is 0 Å². The topological polar surface area (TPSA) is 97.6 Å². The van der Waals surface area contributed by atoms with Crippen LogP contribution in [-0.4, -0.2) is 24.5 Å². The first-order valence-corrected chi connectivity index (χ1v) is 8.51. The Morgan fingerprint density at radius 3 is 2.65 bits per heavy atom. The van der Waals surface area contributed by atoms with E-state index >= 15 is 0 Å². The van der Waals surface area contributed by atoms with Crippen LogP contribution in [0, 0.1) is 0 Å². The number of benzene rings is 1. The molecule has 0 saturated heterocycles. The Kier molecular flexibility index (Phi) is 5.68. The number of imide groups is 1. The molecule has 0 atom stereocenters. The molecule has 1 aliphatic carbocycles. The van der Waals surface area contributed by atoms with Gasteiger partial charge in [0.1, 0.15) is 5.76 Å². The lowest BCUT2D eigenvalue weighted by Gasteiger charge is -2.16. The monoisotopic (exact) mass is 356 g/mol. The van der Waals surface area contributed by atoms with Crippen molar-refractivity contribution in [2.24, 2.45) is 0 Å². The predicted octanol–water partition coefficient (Wildman–Crippen LogP) is 2.34. The number of rotatable bonds is 5. The zero-order valence-corrected chi connectivity index (χ0v) is 14.2. The molecule has 0 aliphatic heterocycles. The summed E-state index contributed by atoms with van der Waals surface area (Å²) in [5, 5.41) is 4.56. The first-order chi connectivity index (χ1) is 12.6. The van der Waals surface area contributed by atoms with E-state index in [-0.39, 0.29) is 6.54 Å². The summed E-state index contributed by atoms with van der Waals surface area (Å²) >= 11 is 0. The molecule has 2 N–H and O–H groups in total. The highest BCUT2D eigenvalue weighted by Crippen LogP contribution is 2.22. The van der Waals surface area contributed by atoms with E-state index in [4.69, 9.17) is 9.15 Å². The maximum Gasteiger partial charge on any atom is 0.338 e. The van der Waals surface area contributed by atoms with E-state index in [0.29, 0.717) is 11.3 Å². The number of ether oxygens (including phenoxy) is 1. The summed E-state index contributed by atoms with van der Waals surface area (Å²) in [6.45, 7) is -0.370. The van der Waals surface area contributed by atoms with Crippen molar-refractivity contribution in [3.05, 3.63) is 59.0 Å². The molecule has 2 aromatic rings. The molecule has 0 unspecified atom stereocenters. The highest BCUT2D eigenvalue weighted by atomic mass is 16.5. The van der Waals surface area contributed by atoms with Crippen molar-refractivity contribution < 1.29 is 23.5 Å². The van der Waals surface area contributed by atoms with Gasteiger partial charge in [-0.1, -0.05) is 6.07 Å². The molecular formula is C19H20N2O5. The molecule has 1 aliphatic rings. The quantitative estimate of drug-likeness (QED) is 0.802. The standard InChI is InChI=1S/C19H20N2O5/c22-17(21-19(24)20-11-16-6-3-9-25-16)12-26-18(23)15-8-7-13-4-1-2-5-14(13)10-15/h3,6-10H,1-2,4-5,11-12H2,(H2,20,21,22,24). The second kappa shape index (κ2) is 8.33. The average Bonchev–Trinajstić information content (AvgIpc) is 3.17. The first kappa shape index (κ1) is 17.7. The summed E-state index contributed by atoms with van der Waals surface area (Å²) in [7, 11) is 0. The highest BCUT2D eigenvalue weighted by molar-refractivity contribution is 5.97. The molecule has 7 nitrogen and oxygen atoms in total. The van der Waals surface area contributed by atoms with Crippen LogP contribution in [-0.2, 0) is 28.9 Å². The minimum absolute atomic E-state index is 0.154. The second-order valence-corrected chi connectivity index (χ2v) is 6.08. The molecule has 26 heavy (non-hydrogen) atoms. The number of carbonyl (C=O) groups excluding carboxylic acids is 3. The molecule has 0 fully saturated rings. The smallest absolute Gasteiger partial charge is 0.338 e. The van der Waals surface area contributed by atoms with Crippen LogP contribution >= 0.6 is 0 Å². The van der Waals surface area contributed by atoms with Gasteiger partial charge in [0, 0.05) is 0 Å². The van der Waals surface area contributed by atoms with Crippen LogP contribution in [0.1, 0.15) is 40.1 Å². The highest BCUT2D eigenvalue weighted by Gasteiger charge is 2.15. The van der Waals surface area contributed by atoms with Gasteiger partial charge in [-0.05, 0) is 61.1 Å². The van der Waals surface area contributed by atoms with Crippen LogP contribution in [0.15, 0.2) is 41.0 Å². The molecule has 0 saturated carbocycles. The molecule has 1 aromatic carbocycles. The molecule has 0 bridgehead atoms. The van der Waals surface area contributed by atoms with Crippen LogP contribution in [0.3, 0.4) is 0 Å². The fraction of sp³-hybridized carbons (Fsp3) is 0.316. The fourth-order valence-electron chi connectivity index (χ4n) is 2.86. The Morgan fingerprint density at radius 2 is 1.88 bits per heavy atom. The Labute approximate surface area is 150 Å². The molecular weight excluding hydrogens is 336 g/mol. The zero-order chi connectivity index (χ0) is 18.4. The Hall–Kier alpha value is -3.09. The average molecular weight is 356 g/mol. The van der Waals surface area contributed by atoms with Crippen molar-refractivity contribution in [3.63, 3.8) is 0 Å². The van der Waals surface area contributed by atoms with Crippen molar-refractivity contribution in [2.45, 2.75) is 32.2 Å². The number of aryl methyl sites for hydroxylation is 2. The van der Waals surface area contributed by atoms with Gasteiger partial charge in [-0.15, -0.1) is 0 Å². The normalized spacial score (nSPS) is 12.8. The molecule has 1 aromatic heterocycles. The lowest BCUT2D eigenvalue weighted by Crippen LogP contribution is -2.41. The van der Waals surface area contributed by atoms with Gasteiger partial charge in [-0.2, -0.15) is 0 Å². The Balaban J connectivity index is 1.43. The maximum absolute atomic E-state index is 12.1. The van der Waals surface area contributed by atoms with E-state index in [2.05, 4.69) is 10.6 Å². The van der Waals surface area contributed by atoms with Crippen molar-refractivity contribution in [2.75, 3.05) is 6.61 Å². The van der Waals surface area contributed by atoms with E-state index < -0.39 is 24.5 Å². The minimum atomic E-state index is -0.701. The number of fused-ring (bicyclic) bond motifs is 1. The van der Waals surface area contributed by atoms with Crippen molar-refractivity contribution in [1.82, 2.24) is 10.6 Å². The molecule has 7 heteroatoms. The van der Waals surface area contributed by atoms with Crippen LogP contribution in [0.4, 0.5) is 4.79 Å². The number of hydrogen-bond donors (Lipinski definition) is 2. The largest absolute Gasteiger partial charge is 0.467 e. The molecule has 1 heterocycles. The van der Waals surface area contributed by atoms with Crippen LogP contribution in [0.25, 0.3) is 0 Å². The number of nitrogens with one attached hydrogen (secondary N) is 2. The van der Waals surface area contributed by atoms with Crippen molar-refractivity contribution in [1.29, 1.82) is 0 Å². The lowest BCUT2D eigenvalue weighted by atomic mass is 9.90.